The third-order valence-corrected chi connectivity index (χ3v) is 29.5. The van der Waals surface area contributed by atoms with Crippen molar-refractivity contribution in [2.24, 2.45) is 10.8 Å². The zero-order valence-corrected chi connectivity index (χ0v) is 70.3. The molecule has 0 unspecified atom stereocenters. The molecule has 1 aromatic heterocycles. The number of halogens is 4. The summed E-state index contributed by atoms with van der Waals surface area (Å²) in [6.07, 6.45) is 7.00. The molecule has 5 aromatic carbocycles. The normalized spacial score (nSPS) is 20.6. The molecule has 31 heteroatoms. The number of allylic oxidation sites excluding steroid dienone is 1. The first kappa shape index (κ1) is 87.3. The number of hydrogen-bond donors (Lipinski definition) is 5. The summed E-state index contributed by atoms with van der Waals surface area (Å²) in [5.74, 6) is -1.16. The Morgan fingerprint density at radius 2 is 1.47 bits per heavy atom. The number of aliphatic hydroxyl groups excluding tert-OH is 1. The summed E-state index contributed by atoms with van der Waals surface area (Å²) < 4.78 is 134. The largest absolute Gasteiger partial charge is 0.501 e. The fraction of sp³-hybridized carbons (Fsp3) is 0.537. The van der Waals surface area contributed by atoms with Gasteiger partial charge in [-0.1, -0.05) is 119 Å². The Hall–Kier alpha value is -6.52. The van der Waals surface area contributed by atoms with Gasteiger partial charge in [-0.3, -0.25) is 19.3 Å². The minimum absolute atomic E-state index is 0.0428. The van der Waals surface area contributed by atoms with Gasteiger partial charge < -0.3 is 45.4 Å². The number of unbranched alkanes of at least 4 members (excludes halogenated alkanes) is 4. The fourth-order valence-electron chi connectivity index (χ4n) is 15.9. The molecule has 0 spiro atoms. The van der Waals surface area contributed by atoms with Crippen molar-refractivity contribution in [3.8, 4) is 10.4 Å². The summed E-state index contributed by atoms with van der Waals surface area (Å²) in [6.45, 7) is 22.3. The third-order valence-electron chi connectivity index (χ3n) is 22.3. The number of nitrogens with one attached hydrogen (secondary N) is 4. The molecule has 1 aliphatic carbocycles. The number of benzene rings is 5. The second-order valence-electron chi connectivity index (χ2n) is 32.0. The molecule has 11 rings (SSSR count). The number of nitrogens with zero attached hydrogens (tertiary/aromatic N) is 7. The van der Waals surface area contributed by atoms with Gasteiger partial charge in [0.1, 0.15) is 10.9 Å². The Kier molecular flexibility index (Phi) is 29.9. The van der Waals surface area contributed by atoms with Crippen LogP contribution in [0, 0.1) is 17.8 Å². The number of aromatic nitrogens is 1. The quantitative estimate of drug-likeness (QED) is 0.0189. The molecule has 5 N–H and O–H groups in total. The average Bonchev–Trinajstić information content (AvgIpc) is 1.68. The Morgan fingerprint density at radius 3 is 2.15 bits per heavy atom. The Labute approximate surface area is 678 Å². The van der Waals surface area contributed by atoms with E-state index in [1.807, 2.05) is 112 Å². The highest BCUT2D eigenvalue weighted by Crippen LogP contribution is 2.45. The first-order valence-electron chi connectivity index (χ1n) is 39.3. The van der Waals surface area contributed by atoms with Crippen LogP contribution < -0.4 is 25.6 Å². The minimum atomic E-state index is -6.12. The van der Waals surface area contributed by atoms with Crippen molar-refractivity contribution in [3.63, 3.8) is 0 Å². The summed E-state index contributed by atoms with van der Waals surface area (Å²) in [5, 5.41) is 21.0. The number of aliphatic hydroxyl groups is 1. The number of alkyl halides is 3. The molecule has 616 valence electrons. The van der Waals surface area contributed by atoms with Gasteiger partial charge in [-0.05, 0) is 165 Å². The molecule has 6 atom stereocenters. The average molecular weight is 1680 g/mol. The van der Waals surface area contributed by atoms with Crippen molar-refractivity contribution in [2.45, 2.75) is 163 Å². The predicted molar refractivity (Wildman–Crippen MR) is 442 cm³/mol. The van der Waals surface area contributed by atoms with E-state index in [4.69, 9.17) is 16.3 Å². The monoisotopic (exact) mass is 1680 g/mol. The lowest BCUT2D eigenvalue weighted by Gasteiger charge is -2.44. The van der Waals surface area contributed by atoms with E-state index in [9.17, 15) is 57.9 Å². The number of sulfone groups is 1. The van der Waals surface area contributed by atoms with Crippen LogP contribution in [0.2, 0.25) is 5.02 Å². The van der Waals surface area contributed by atoms with Crippen LogP contribution in [0.25, 0.3) is 16.0 Å². The second-order valence-corrected chi connectivity index (χ2v) is 40.1. The van der Waals surface area contributed by atoms with E-state index in [-0.39, 0.29) is 47.6 Å². The van der Waals surface area contributed by atoms with Crippen molar-refractivity contribution in [1.82, 2.24) is 44.2 Å². The zero-order valence-electron chi connectivity index (χ0n) is 65.4. The maximum atomic E-state index is 14.4. The highest BCUT2D eigenvalue weighted by molar-refractivity contribution is 7.99. The lowest BCUT2D eigenvalue weighted by Crippen LogP contribution is -2.56. The summed E-state index contributed by atoms with van der Waals surface area (Å²) in [7, 11) is -14.5. The number of carbonyl (C=O) groups excluding carboxylic acids is 3. The van der Waals surface area contributed by atoms with Gasteiger partial charge in [0.2, 0.25) is 21.8 Å². The van der Waals surface area contributed by atoms with Crippen LogP contribution in [-0.4, -0.2) is 230 Å². The van der Waals surface area contributed by atoms with Crippen LogP contribution in [0.1, 0.15) is 138 Å². The number of aryl methyl sites for hydroxylation is 1. The molecule has 0 bridgehead atoms. The number of thioether (sulfide) groups is 1. The van der Waals surface area contributed by atoms with Crippen LogP contribution in [0.15, 0.2) is 147 Å². The molecule has 4 saturated heterocycles. The molecular weight excluding hydrogens is 1570 g/mol. The molecule has 4 fully saturated rings. The van der Waals surface area contributed by atoms with Crippen LogP contribution in [0.3, 0.4) is 0 Å². The number of anilines is 2. The fourth-order valence-corrected chi connectivity index (χ4v) is 21.4. The molecule has 22 nitrogen and oxygen atoms in total. The van der Waals surface area contributed by atoms with Gasteiger partial charge in [0, 0.05) is 138 Å². The molecule has 5 heterocycles. The van der Waals surface area contributed by atoms with Gasteiger partial charge in [-0.25, -0.2) is 35.0 Å². The maximum absolute atomic E-state index is 14.4. The third kappa shape index (κ3) is 23.4. The Morgan fingerprint density at radius 1 is 0.788 bits per heavy atom. The van der Waals surface area contributed by atoms with Gasteiger partial charge >= 0.3 is 5.51 Å². The number of piperazine rings is 2. The van der Waals surface area contributed by atoms with Gasteiger partial charge in [0.15, 0.2) is 0 Å². The van der Waals surface area contributed by atoms with Gasteiger partial charge in [-0.2, -0.15) is 17.5 Å². The van der Waals surface area contributed by atoms with E-state index in [0.717, 1.165) is 134 Å². The number of ether oxygens (including phenoxy) is 1. The van der Waals surface area contributed by atoms with E-state index < -0.39 is 86.4 Å². The number of hydrogen-bond acceptors (Lipinski definition) is 20. The van der Waals surface area contributed by atoms with Crippen molar-refractivity contribution in [2.75, 3.05) is 133 Å². The molecular formula is C82H109ClF3N11O11S5. The first-order valence-corrected chi connectivity index (χ1v) is 46.1. The molecule has 0 saturated carbocycles. The second kappa shape index (κ2) is 38.7. The van der Waals surface area contributed by atoms with E-state index in [1.54, 1.807) is 27.8 Å². The van der Waals surface area contributed by atoms with Gasteiger partial charge in [0.05, 0.1) is 57.2 Å². The number of sulfonamides is 2. The standard InChI is InChI=1S/C82H109ClF3N11O11S5/c1-58(60-18-20-62(21-19-60)75-59(2)88-57-110-75)89-78(100)73-50-68(98)54-97(73)79(101)76(80(3,4)5)87-35-13-8-7-9-14-49-111(102,103)96-44-40-94(41-45-96)56-81(6)34-32-71(61-22-26-65(83)27-23-61)64(52-81)53-93-38-42-95(43-39-93)67-28-24-63(25-29-67)77(99)91-113(106,107)70-30-31-72(74(51-70)112(104,105)82(84,85)86)90-66(55-109-69-16-11-10-12-17-69)33-37-92-36-15-47-108-48-46-92/h10-12,16-31,51,57-58,66,68,73,76,87,90,98H,7-9,13-15,32-50,52-56H2,1-6H3,(H,89,100)(H,91,99)/t58-,66+,68+,73-,76+,81+/m0/s1. The number of likely N-dealkylation sites (tertiary alicyclic amines) is 1. The molecule has 5 aliphatic rings. The first-order chi connectivity index (χ1) is 53.7. The lowest BCUT2D eigenvalue weighted by atomic mass is 9.71. The number of carbonyl (C=O) groups is 3. The summed E-state index contributed by atoms with van der Waals surface area (Å²) in [6, 6.07) is 31.9. The maximum Gasteiger partial charge on any atom is 0.501 e. The smallest absolute Gasteiger partial charge is 0.391 e. The highest BCUT2D eigenvalue weighted by Gasteiger charge is 2.49. The molecule has 113 heavy (non-hydrogen) atoms. The van der Waals surface area contributed by atoms with Crippen molar-refractivity contribution >= 4 is 99.3 Å². The number of β-amino-alcohol motifs (C(OH)–C–C–N with tert-alkyl or cyclic N) is 1. The van der Waals surface area contributed by atoms with Crippen molar-refractivity contribution in [3.05, 3.63) is 160 Å². The molecule has 0 radical (unpaired) electrons. The molecule has 4 aliphatic heterocycles. The van der Waals surface area contributed by atoms with Crippen molar-refractivity contribution in [1.29, 1.82) is 0 Å². The van der Waals surface area contributed by atoms with E-state index in [1.165, 1.54) is 39.9 Å². The topological polar surface area (TPSA) is 264 Å². The van der Waals surface area contributed by atoms with Gasteiger partial charge in [-0.15, -0.1) is 23.1 Å². The van der Waals surface area contributed by atoms with Crippen LogP contribution in [0.5, 0.6) is 0 Å². The van der Waals surface area contributed by atoms with Crippen molar-refractivity contribution < 1.29 is 62.7 Å². The zero-order chi connectivity index (χ0) is 80.9. The number of rotatable bonds is 33. The van der Waals surface area contributed by atoms with Crippen LogP contribution in [0.4, 0.5) is 24.5 Å². The Balaban J connectivity index is 0.623. The number of amides is 3. The summed E-state index contributed by atoms with van der Waals surface area (Å²) in [5.41, 5.74) is 2.53. The molecule has 6 aromatic rings. The van der Waals surface area contributed by atoms with Gasteiger partial charge in [0.25, 0.3) is 25.8 Å². The highest BCUT2D eigenvalue weighted by atomic mass is 35.5. The van der Waals surface area contributed by atoms with Crippen LogP contribution in [-0.2, 0) is 44.2 Å². The molecule has 3 amide bonds. The van der Waals surface area contributed by atoms with E-state index in [2.05, 4.69) is 59.6 Å². The summed E-state index contributed by atoms with van der Waals surface area (Å²) in [4.78, 5) is 56.8. The van der Waals surface area contributed by atoms with E-state index in [0.29, 0.717) is 102 Å². The Bertz CT molecular complexity index is 4580. The van der Waals surface area contributed by atoms with E-state index >= 15 is 0 Å². The number of thiazole rings is 1. The SMILES string of the molecule is Cc1ncsc1-c1ccc([C@H](C)NC(=O)[C@@H]2C[C@@H](O)CN2C(=O)[C@@H](NCCCCCCCS(=O)(=O)N2CCN(C[C@]3(C)CCC(c4ccc(Cl)cc4)=C(CN4CCN(c5ccc(C(=O)NS(=O)(=O)c6ccc(N[C@H](CCN7CCCOCC7)CSc7ccccc7)c(S(=O)(=O)C(F)(F)F)c6)cc5)CC4)C3)CC2)C(C)(C)C)cc1. The minimum Gasteiger partial charge on any atom is -0.391 e. The summed E-state index contributed by atoms with van der Waals surface area (Å²) >= 11 is 9.42. The predicted octanol–water partition coefficient (Wildman–Crippen LogP) is 12.4. The lowest BCUT2D eigenvalue weighted by molar-refractivity contribution is -0.142. The van der Waals surface area contributed by atoms with Crippen LogP contribution >= 0.6 is 34.7 Å².